The third-order valence-corrected chi connectivity index (χ3v) is 7.50. The number of hydrogen-bond donors (Lipinski definition) is 1. The van der Waals surface area contributed by atoms with Crippen molar-refractivity contribution in [2.24, 2.45) is 0 Å². The summed E-state index contributed by atoms with van der Waals surface area (Å²) in [6.07, 6.45) is 0.689. The minimum atomic E-state index is -4.02. The number of nitrogens with zero attached hydrogens (tertiary/aromatic N) is 2. The first kappa shape index (κ1) is 24.8. The molecule has 1 fully saturated rings. The Morgan fingerprint density at radius 1 is 1.18 bits per heavy atom. The quantitative estimate of drug-likeness (QED) is 0.657. The molecule has 3 rings (SSSR count). The van der Waals surface area contributed by atoms with Crippen molar-refractivity contribution < 1.29 is 27.1 Å². The molecule has 2 aromatic rings. The Morgan fingerprint density at radius 2 is 1.82 bits per heavy atom. The summed E-state index contributed by atoms with van der Waals surface area (Å²) < 4.78 is 45.3. The highest BCUT2D eigenvalue weighted by molar-refractivity contribution is 7.92. The van der Waals surface area contributed by atoms with Gasteiger partial charge in [-0.15, -0.1) is 0 Å². The van der Waals surface area contributed by atoms with E-state index in [-0.39, 0.29) is 33.3 Å². The number of piperidine rings is 1. The van der Waals surface area contributed by atoms with Gasteiger partial charge in [-0.3, -0.25) is 9.10 Å². The molecule has 178 valence electrons. The molecule has 2 amide bonds. The van der Waals surface area contributed by atoms with Gasteiger partial charge in [-0.1, -0.05) is 11.6 Å². The lowest BCUT2D eigenvalue weighted by Gasteiger charge is -2.31. The van der Waals surface area contributed by atoms with Crippen molar-refractivity contribution in [1.29, 1.82) is 0 Å². The number of ether oxygens (including phenoxy) is 1. The van der Waals surface area contributed by atoms with E-state index in [0.29, 0.717) is 32.5 Å². The molecule has 2 aromatic carbocycles. The second-order valence-corrected chi connectivity index (χ2v) is 9.90. The number of carbonyl (C=O) groups is 2. The zero-order chi connectivity index (χ0) is 24.2. The highest BCUT2D eigenvalue weighted by atomic mass is 35.5. The van der Waals surface area contributed by atoms with Crippen molar-refractivity contribution in [3.05, 3.63) is 58.9 Å². The zero-order valence-corrected chi connectivity index (χ0v) is 19.8. The number of benzene rings is 2. The molecule has 33 heavy (non-hydrogen) atoms. The van der Waals surface area contributed by atoms with Gasteiger partial charge in [0, 0.05) is 26.2 Å². The zero-order valence-electron chi connectivity index (χ0n) is 18.3. The largest absolute Gasteiger partial charge is 0.450 e. The van der Waals surface area contributed by atoms with E-state index in [4.69, 9.17) is 16.3 Å². The molecule has 0 aliphatic carbocycles. The van der Waals surface area contributed by atoms with E-state index >= 15 is 0 Å². The van der Waals surface area contributed by atoms with E-state index < -0.39 is 21.7 Å². The summed E-state index contributed by atoms with van der Waals surface area (Å²) in [6, 6.07) is 8.71. The Bertz CT molecular complexity index is 1120. The summed E-state index contributed by atoms with van der Waals surface area (Å²) in [7, 11) is -2.68. The first-order chi connectivity index (χ1) is 15.6. The van der Waals surface area contributed by atoms with E-state index in [1.54, 1.807) is 11.8 Å². The number of anilines is 1. The van der Waals surface area contributed by atoms with Gasteiger partial charge in [0.1, 0.15) is 5.82 Å². The number of hydrogen-bond acceptors (Lipinski definition) is 5. The molecule has 0 atom stereocenters. The lowest BCUT2D eigenvalue weighted by Crippen LogP contribution is -2.46. The summed E-state index contributed by atoms with van der Waals surface area (Å²) in [4.78, 5) is 26.1. The summed E-state index contributed by atoms with van der Waals surface area (Å²) >= 11 is 6.19. The molecule has 8 nitrogen and oxygen atoms in total. The van der Waals surface area contributed by atoms with Gasteiger partial charge >= 0.3 is 6.09 Å². The summed E-state index contributed by atoms with van der Waals surface area (Å²) in [5.74, 6) is -0.987. The maximum Gasteiger partial charge on any atom is 0.409 e. The molecular formula is C22H25ClFN3O5S. The van der Waals surface area contributed by atoms with Gasteiger partial charge in [-0.25, -0.2) is 17.6 Å². The summed E-state index contributed by atoms with van der Waals surface area (Å²) in [5, 5.41) is 2.97. The normalized spacial score (nSPS) is 14.6. The number of amides is 2. The lowest BCUT2D eigenvalue weighted by molar-refractivity contribution is 0.0860. The molecule has 0 aromatic heterocycles. The molecule has 0 spiro atoms. The Balaban J connectivity index is 1.72. The summed E-state index contributed by atoms with van der Waals surface area (Å²) in [5.41, 5.74) is 0.295. The van der Waals surface area contributed by atoms with E-state index in [0.717, 1.165) is 16.4 Å². The van der Waals surface area contributed by atoms with Crippen LogP contribution in [0.4, 0.5) is 14.9 Å². The first-order valence-electron chi connectivity index (χ1n) is 10.4. The van der Waals surface area contributed by atoms with Crippen molar-refractivity contribution in [3.8, 4) is 0 Å². The number of halogens is 2. The fourth-order valence-corrected chi connectivity index (χ4v) is 4.90. The summed E-state index contributed by atoms with van der Waals surface area (Å²) in [6.45, 7) is 2.91. The molecule has 1 aliphatic heterocycles. The van der Waals surface area contributed by atoms with Gasteiger partial charge in [0.2, 0.25) is 0 Å². The van der Waals surface area contributed by atoms with Crippen LogP contribution in [0.2, 0.25) is 5.02 Å². The van der Waals surface area contributed by atoms with Crippen LogP contribution in [0.25, 0.3) is 0 Å². The predicted octanol–water partition coefficient (Wildman–Crippen LogP) is 3.65. The maximum absolute atomic E-state index is 13.2. The Kier molecular flexibility index (Phi) is 7.80. The monoisotopic (exact) mass is 497 g/mol. The van der Waals surface area contributed by atoms with Crippen LogP contribution in [0, 0.1) is 5.82 Å². The van der Waals surface area contributed by atoms with E-state index in [9.17, 15) is 22.4 Å². The third kappa shape index (κ3) is 5.75. The van der Waals surface area contributed by atoms with Gasteiger partial charge in [-0.2, -0.15) is 0 Å². The minimum absolute atomic E-state index is 0.0260. The van der Waals surface area contributed by atoms with Crippen molar-refractivity contribution in [2.75, 3.05) is 31.0 Å². The Hall–Kier alpha value is -2.85. The average molecular weight is 498 g/mol. The lowest BCUT2D eigenvalue weighted by atomic mass is 10.0. The van der Waals surface area contributed by atoms with Crippen LogP contribution in [-0.2, 0) is 14.8 Å². The molecule has 1 aliphatic rings. The molecule has 0 unspecified atom stereocenters. The number of carbonyl (C=O) groups excluding carboxylic acids is 2. The highest BCUT2D eigenvalue weighted by Gasteiger charge is 2.27. The predicted molar refractivity (Wildman–Crippen MR) is 123 cm³/mol. The van der Waals surface area contributed by atoms with Crippen LogP contribution < -0.4 is 9.62 Å². The average Bonchev–Trinajstić information content (AvgIpc) is 2.79. The van der Waals surface area contributed by atoms with Gasteiger partial charge in [0.15, 0.2) is 0 Å². The van der Waals surface area contributed by atoms with Crippen LogP contribution in [0.15, 0.2) is 47.4 Å². The van der Waals surface area contributed by atoms with E-state index in [2.05, 4.69) is 5.32 Å². The van der Waals surface area contributed by atoms with Crippen molar-refractivity contribution in [1.82, 2.24) is 10.2 Å². The third-order valence-electron chi connectivity index (χ3n) is 5.39. The molecule has 1 N–H and O–H groups in total. The van der Waals surface area contributed by atoms with Gasteiger partial charge < -0.3 is 15.0 Å². The number of sulfonamides is 1. The van der Waals surface area contributed by atoms with Crippen LogP contribution >= 0.6 is 11.6 Å². The minimum Gasteiger partial charge on any atom is -0.450 e. The molecule has 0 saturated carbocycles. The van der Waals surface area contributed by atoms with E-state index in [1.807, 2.05) is 0 Å². The van der Waals surface area contributed by atoms with Crippen LogP contribution in [0.1, 0.15) is 30.1 Å². The molecule has 1 saturated heterocycles. The van der Waals surface area contributed by atoms with Crippen molar-refractivity contribution in [3.63, 3.8) is 0 Å². The molecule has 1 heterocycles. The topological polar surface area (TPSA) is 96.0 Å². The molecule has 11 heteroatoms. The van der Waals surface area contributed by atoms with Crippen molar-refractivity contribution >= 4 is 39.3 Å². The van der Waals surface area contributed by atoms with Crippen molar-refractivity contribution in [2.45, 2.75) is 30.7 Å². The van der Waals surface area contributed by atoms with Crippen LogP contribution in [-0.4, -0.2) is 58.1 Å². The first-order valence-corrected chi connectivity index (χ1v) is 12.2. The van der Waals surface area contributed by atoms with Gasteiger partial charge in [-0.05, 0) is 62.2 Å². The fourth-order valence-electron chi connectivity index (χ4n) is 3.47. The Morgan fingerprint density at radius 3 is 2.42 bits per heavy atom. The Labute approximate surface area is 197 Å². The van der Waals surface area contributed by atoms with Gasteiger partial charge in [0.05, 0.1) is 27.8 Å². The fraction of sp³-hybridized carbons (Fsp3) is 0.364. The van der Waals surface area contributed by atoms with Gasteiger partial charge in [0.25, 0.3) is 15.9 Å². The van der Waals surface area contributed by atoms with Crippen LogP contribution in [0.5, 0.6) is 0 Å². The number of likely N-dealkylation sites (tertiary alicyclic amines) is 1. The molecular weight excluding hydrogens is 473 g/mol. The maximum atomic E-state index is 13.2. The highest BCUT2D eigenvalue weighted by Crippen LogP contribution is 2.26. The standard InChI is InChI=1S/C22H25ClFN3O5S/c1-3-32-22(29)27-12-10-16(11-13-27)25-21(28)19-14-18(8-9-20(19)23)33(30,31)26(2)17-6-4-15(24)5-7-17/h4-9,14,16H,3,10-13H2,1-2H3,(H,25,28). The van der Waals surface area contributed by atoms with Crippen LogP contribution in [0.3, 0.4) is 0 Å². The second-order valence-electron chi connectivity index (χ2n) is 7.52. The SMILES string of the molecule is CCOC(=O)N1CCC(NC(=O)c2cc(S(=O)(=O)N(C)c3ccc(F)cc3)ccc2Cl)CC1. The molecule has 0 radical (unpaired) electrons. The second kappa shape index (κ2) is 10.4. The smallest absolute Gasteiger partial charge is 0.409 e. The molecule has 0 bridgehead atoms. The number of rotatable bonds is 6. The van der Waals surface area contributed by atoms with E-state index in [1.165, 1.54) is 37.4 Å². The number of nitrogens with one attached hydrogen (secondary N) is 1.